The fraction of sp³-hybridized carbons (Fsp3) is 0.333. The molecule has 2 aliphatic heterocycles. The number of urea groups is 1. The third kappa shape index (κ3) is 3.88. The van der Waals surface area contributed by atoms with Gasteiger partial charge in [0.05, 0.1) is 12.3 Å². The number of halogens is 1. The Balaban J connectivity index is 1.39. The van der Waals surface area contributed by atoms with Gasteiger partial charge in [0.25, 0.3) is 5.91 Å². The molecule has 2 heterocycles. The number of carbonyl (C=O) groups is 2. The number of carbonyl (C=O) groups excluding carboxylic acids is 2. The SMILES string of the molecule is CCOc1ccc(C(=O)N2CCC3(CC2)NC(=O)N(c2ccc(F)cc2)N3)cc1. The van der Waals surface area contributed by atoms with E-state index in [1.165, 1.54) is 17.1 Å². The fourth-order valence-electron chi connectivity index (χ4n) is 3.70. The molecule has 29 heavy (non-hydrogen) atoms. The van der Waals surface area contributed by atoms with Gasteiger partial charge in [0.1, 0.15) is 17.2 Å². The van der Waals surface area contributed by atoms with Crippen LogP contribution in [0.5, 0.6) is 5.75 Å². The molecule has 0 atom stereocenters. The van der Waals surface area contributed by atoms with Crippen molar-refractivity contribution >= 4 is 17.6 Å². The predicted molar refractivity (Wildman–Crippen MR) is 106 cm³/mol. The number of likely N-dealkylation sites (tertiary alicyclic amines) is 1. The Morgan fingerprint density at radius 1 is 1.10 bits per heavy atom. The van der Waals surface area contributed by atoms with Crippen LogP contribution >= 0.6 is 0 Å². The van der Waals surface area contributed by atoms with Gasteiger partial charge in [-0.3, -0.25) is 4.79 Å². The van der Waals surface area contributed by atoms with Crippen LogP contribution in [0.2, 0.25) is 0 Å². The van der Waals surface area contributed by atoms with E-state index < -0.39 is 5.66 Å². The van der Waals surface area contributed by atoms with E-state index in [1.54, 1.807) is 41.3 Å². The molecule has 7 nitrogen and oxygen atoms in total. The molecular weight excluding hydrogens is 375 g/mol. The Hall–Kier alpha value is -3.13. The summed E-state index contributed by atoms with van der Waals surface area (Å²) < 4.78 is 18.6. The summed E-state index contributed by atoms with van der Waals surface area (Å²) in [7, 11) is 0. The molecule has 0 aliphatic carbocycles. The first kappa shape index (κ1) is 19.2. The van der Waals surface area contributed by atoms with Gasteiger partial charge in [-0.05, 0) is 55.5 Å². The van der Waals surface area contributed by atoms with E-state index in [9.17, 15) is 14.0 Å². The van der Waals surface area contributed by atoms with Gasteiger partial charge in [0.15, 0.2) is 0 Å². The molecule has 1 spiro atoms. The van der Waals surface area contributed by atoms with E-state index in [4.69, 9.17) is 4.74 Å². The Morgan fingerprint density at radius 2 is 1.76 bits per heavy atom. The lowest BCUT2D eigenvalue weighted by Crippen LogP contribution is -2.58. The summed E-state index contributed by atoms with van der Waals surface area (Å²) in [5.41, 5.74) is 3.77. The van der Waals surface area contributed by atoms with E-state index in [0.717, 1.165) is 5.75 Å². The zero-order valence-corrected chi connectivity index (χ0v) is 16.2. The smallest absolute Gasteiger partial charge is 0.338 e. The first-order chi connectivity index (χ1) is 14.0. The summed E-state index contributed by atoms with van der Waals surface area (Å²) in [6.45, 7) is 3.51. The summed E-state index contributed by atoms with van der Waals surface area (Å²) in [6, 6.07) is 12.6. The molecule has 2 fully saturated rings. The van der Waals surface area contributed by atoms with Gasteiger partial charge in [0, 0.05) is 31.5 Å². The lowest BCUT2D eigenvalue weighted by molar-refractivity contribution is 0.0640. The average Bonchev–Trinajstić information content (AvgIpc) is 3.05. The number of piperidine rings is 1. The van der Waals surface area contributed by atoms with E-state index in [2.05, 4.69) is 10.7 Å². The topological polar surface area (TPSA) is 73.9 Å². The van der Waals surface area contributed by atoms with Crippen LogP contribution in [0.4, 0.5) is 14.9 Å². The zero-order valence-electron chi connectivity index (χ0n) is 16.2. The maximum absolute atomic E-state index is 13.2. The Kier molecular flexibility index (Phi) is 5.10. The van der Waals surface area contributed by atoms with Gasteiger partial charge in [-0.15, -0.1) is 0 Å². The number of hydrogen-bond donors (Lipinski definition) is 2. The molecule has 0 unspecified atom stereocenters. The van der Waals surface area contributed by atoms with Crippen LogP contribution in [-0.2, 0) is 0 Å². The van der Waals surface area contributed by atoms with Crippen LogP contribution in [0.3, 0.4) is 0 Å². The molecule has 0 radical (unpaired) electrons. The van der Waals surface area contributed by atoms with Crippen LogP contribution in [0.1, 0.15) is 30.1 Å². The average molecular weight is 398 g/mol. The van der Waals surface area contributed by atoms with Crippen LogP contribution in [0.15, 0.2) is 48.5 Å². The van der Waals surface area contributed by atoms with Gasteiger partial charge >= 0.3 is 6.03 Å². The van der Waals surface area contributed by atoms with Crippen LogP contribution < -0.4 is 20.5 Å². The number of rotatable bonds is 4. The molecule has 0 aromatic heterocycles. The fourth-order valence-corrected chi connectivity index (χ4v) is 3.70. The van der Waals surface area contributed by atoms with Crippen molar-refractivity contribution in [2.75, 3.05) is 24.7 Å². The number of benzene rings is 2. The normalized spacial score (nSPS) is 18.1. The van der Waals surface area contributed by atoms with Crippen molar-refractivity contribution in [1.29, 1.82) is 0 Å². The highest BCUT2D eigenvalue weighted by Gasteiger charge is 2.45. The number of anilines is 1. The van der Waals surface area contributed by atoms with Gasteiger partial charge in [-0.1, -0.05) is 0 Å². The number of amides is 3. The van der Waals surface area contributed by atoms with E-state index in [-0.39, 0.29) is 17.8 Å². The molecule has 152 valence electrons. The Morgan fingerprint density at radius 3 is 2.38 bits per heavy atom. The first-order valence-electron chi connectivity index (χ1n) is 9.67. The summed E-state index contributed by atoms with van der Waals surface area (Å²) in [5, 5.41) is 4.37. The number of nitrogens with one attached hydrogen (secondary N) is 2. The summed E-state index contributed by atoms with van der Waals surface area (Å²) in [6.07, 6.45) is 1.14. The van der Waals surface area contributed by atoms with Crippen molar-refractivity contribution in [3.8, 4) is 5.75 Å². The Bertz CT molecular complexity index is 893. The number of nitrogens with zero attached hydrogens (tertiary/aromatic N) is 2. The molecule has 0 bridgehead atoms. The van der Waals surface area contributed by atoms with E-state index in [1.807, 2.05) is 6.92 Å². The standard InChI is InChI=1S/C21H23FN4O3/c1-2-29-18-9-3-15(4-10-18)19(27)25-13-11-21(12-14-25)23-20(28)26(24-21)17-7-5-16(22)6-8-17/h3-10,24H,2,11-14H2,1H3,(H,23,28). The molecule has 2 N–H and O–H groups in total. The zero-order chi connectivity index (χ0) is 20.4. The summed E-state index contributed by atoms with van der Waals surface area (Å²) in [4.78, 5) is 27.0. The lowest BCUT2D eigenvalue weighted by Gasteiger charge is -2.38. The quantitative estimate of drug-likeness (QED) is 0.831. The third-order valence-electron chi connectivity index (χ3n) is 5.28. The maximum Gasteiger partial charge on any atom is 0.338 e. The lowest BCUT2D eigenvalue weighted by atomic mass is 9.97. The molecule has 2 aromatic carbocycles. The minimum Gasteiger partial charge on any atom is -0.494 e. The highest BCUT2D eigenvalue weighted by atomic mass is 19.1. The van der Waals surface area contributed by atoms with Crippen molar-refractivity contribution < 1.29 is 18.7 Å². The molecule has 2 saturated heterocycles. The third-order valence-corrected chi connectivity index (χ3v) is 5.28. The minimum absolute atomic E-state index is 0.0392. The van der Waals surface area contributed by atoms with E-state index >= 15 is 0 Å². The van der Waals surface area contributed by atoms with Crippen molar-refractivity contribution in [2.45, 2.75) is 25.4 Å². The molecule has 2 aromatic rings. The number of hydrazine groups is 1. The van der Waals surface area contributed by atoms with Crippen molar-refractivity contribution in [2.24, 2.45) is 0 Å². The van der Waals surface area contributed by atoms with Crippen LogP contribution in [-0.4, -0.2) is 42.2 Å². The van der Waals surface area contributed by atoms with Gasteiger partial charge in [0.2, 0.25) is 0 Å². The first-order valence-corrected chi connectivity index (χ1v) is 9.67. The number of ether oxygens (including phenoxy) is 1. The Labute approximate surface area is 168 Å². The second kappa shape index (κ2) is 7.71. The highest BCUT2D eigenvalue weighted by Crippen LogP contribution is 2.28. The summed E-state index contributed by atoms with van der Waals surface area (Å²) >= 11 is 0. The monoisotopic (exact) mass is 398 g/mol. The molecular formula is C21H23FN4O3. The minimum atomic E-state index is -0.610. The molecule has 4 rings (SSSR count). The second-order valence-corrected chi connectivity index (χ2v) is 7.19. The molecule has 0 saturated carbocycles. The van der Waals surface area contributed by atoms with Gasteiger partial charge < -0.3 is 15.0 Å². The molecule has 8 heteroatoms. The van der Waals surface area contributed by atoms with Crippen molar-refractivity contribution in [1.82, 2.24) is 15.6 Å². The molecule has 2 aliphatic rings. The highest BCUT2D eigenvalue weighted by molar-refractivity contribution is 5.95. The van der Waals surface area contributed by atoms with Gasteiger partial charge in [-0.25, -0.2) is 19.6 Å². The van der Waals surface area contributed by atoms with E-state index in [0.29, 0.717) is 43.8 Å². The second-order valence-electron chi connectivity index (χ2n) is 7.19. The largest absolute Gasteiger partial charge is 0.494 e. The summed E-state index contributed by atoms with van der Waals surface area (Å²) in [5.74, 6) is 0.340. The van der Waals surface area contributed by atoms with Crippen LogP contribution in [0.25, 0.3) is 0 Å². The van der Waals surface area contributed by atoms with Crippen molar-refractivity contribution in [3.05, 3.63) is 59.9 Å². The van der Waals surface area contributed by atoms with Crippen LogP contribution in [0, 0.1) is 5.82 Å². The van der Waals surface area contributed by atoms with Gasteiger partial charge in [-0.2, -0.15) is 0 Å². The predicted octanol–water partition coefficient (Wildman–Crippen LogP) is 2.89. The maximum atomic E-state index is 13.2. The molecule has 3 amide bonds. The number of hydrogen-bond acceptors (Lipinski definition) is 4. The van der Waals surface area contributed by atoms with Crippen molar-refractivity contribution in [3.63, 3.8) is 0 Å².